The van der Waals surface area contributed by atoms with Crippen LogP contribution in [0.2, 0.25) is 0 Å². The number of fused-ring (bicyclic) bond motifs is 1. The van der Waals surface area contributed by atoms with Gasteiger partial charge in [-0.15, -0.1) is 0 Å². The van der Waals surface area contributed by atoms with Gasteiger partial charge in [0, 0.05) is 36.3 Å². The molecule has 0 aliphatic carbocycles. The SMILES string of the molecule is CC1(CNCc2cncc3ccccc23)COC1. The molecule has 18 heavy (non-hydrogen) atoms. The molecule has 0 unspecified atom stereocenters. The van der Waals surface area contributed by atoms with Crippen LogP contribution < -0.4 is 5.32 Å². The molecule has 3 heteroatoms. The van der Waals surface area contributed by atoms with Crippen molar-refractivity contribution >= 4 is 10.8 Å². The van der Waals surface area contributed by atoms with E-state index in [1.165, 1.54) is 16.3 Å². The van der Waals surface area contributed by atoms with Crippen LogP contribution >= 0.6 is 0 Å². The minimum atomic E-state index is 0.317. The van der Waals surface area contributed by atoms with Crippen LogP contribution in [0, 0.1) is 5.41 Å². The highest BCUT2D eigenvalue weighted by Crippen LogP contribution is 2.25. The summed E-state index contributed by atoms with van der Waals surface area (Å²) in [6.07, 6.45) is 3.87. The molecule has 2 aromatic rings. The van der Waals surface area contributed by atoms with E-state index in [2.05, 4.69) is 35.4 Å². The summed E-state index contributed by atoms with van der Waals surface area (Å²) < 4.78 is 5.26. The lowest BCUT2D eigenvalue weighted by Crippen LogP contribution is -2.47. The highest BCUT2D eigenvalue weighted by atomic mass is 16.5. The van der Waals surface area contributed by atoms with E-state index in [4.69, 9.17) is 4.74 Å². The molecule has 1 aliphatic rings. The van der Waals surface area contributed by atoms with Crippen LogP contribution in [0.4, 0.5) is 0 Å². The van der Waals surface area contributed by atoms with Gasteiger partial charge in [-0.2, -0.15) is 0 Å². The zero-order valence-corrected chi connectivity index (χ0v) is 10.6. The highest BCUT2D eigenvalue weighted by molar-refractivity contribution is 5.84. The molecule has 94 valence electrons. The van der Waals surface area contributed by atoms with Crippen molar-refractivity contribution in [2.75, 3.05) is 19.8 Å². The minimum Gasteiger partial charge on any atom is -0.380 e. The van der Waals surface area contributed by atoms with Crippen molar-refractivity contribution in [3.8, 4) is 0 Å². The number of pyridine rings is 1. The summed E-state index contributed by atoms with van der Waals surface area (Å²) >= 11 is 0. The van der Waals surface area contributed by atoms with E-state index in [0.717, 1.165) is 26.3 Å². The van der Waals surface area contributed by atoms with Crippen molar-refractivity contribution in [2.24, 2.45) is 5.41 Å². The van der Waals surface area contributed by atoms with Gasteiger partial charge in [0.25, 0.3) is 0 Å². The van der Waals surface area contributed by atoms with Gasteiger partial charge in [-0.3, -0.25) is 4.98 Å². The average Bonchev–Trinajstić information content (AvgIpc) is 2.37. The van der Waals surface area contributed by atoms with Gasteiger partial charge >= 0.3 is 0 Å². The van der Waals surface area contributed by atoms with Crippen LogP contribution in [0.1, 0.15) is 12.5 Å². The fourth-order valence-electron chi connectivity index (χ4n) is 2.37. The molecule has 3 rings (SSSR count). The molecule has 1 N–H and O–H groups in total. The molecule has 1 aromatic heterocycles. The molecule has 2 heterocycles. The largest absolute Gasteiger partial charge is 0.380 e. The van der Waals surface area contributed by atoms with Crippen molar-refractivity contribution in [3.63, 3.8) is 0 Å². The Morgan fingerprint density at radius 1 is 1.28 bits per heavy atom. The highest BCUT2D eigenvalue weighted by Gasteiger charge is 2.32. The fraction of sp³-hybridized carbons (Fsp3) is 0.400. The van der Waals surface area contributed by atoms with Gasteiger partial charge in [-0.25, -0.2) is 0 Å². The van der Waals surface area contributed by atoms with Crippen molar-refractivity contribution < 1.29 is 4.74 Å². The summed E-state index contributed by atoms with van der Waals surface area (Å²) in [5.41, 5.74) is 1.58. The van der Waals surface area contributed by atoms with Gasteiger partial charge in [0.15, 0.2) is 0 Å². The Bertz CT molecular complexity index is 544. The van der Waals surface area contributed by atoms with E-state index in [0.29, 0.717) is 5.41 Å². The number of hydrogen-bond acceptors (Lipinski definition) is 3. The monoisotopic (exact) mass is 242 g/mol. The fourth-order valence-corrected chi connectivity index (χ4v) is 2.37. The Labute approximate surface area is 107 Å². The minimum absolute atomic E-state index is 0.317. The summed E-state index contributed by atoms with van der Waals surface area (Å²) in [7, 11) is 0. The molecule has 1 fully saturated rings. The van der Waals surface area contributed by atoms with Gasteiger partial charge < -0.3 is 10.1 Å². The Morgan fingerprint density at radius 2 is 2.11 bits per heavy atom. The molecule has 0 amide bonds. The third-order valence-electron chi connectivity index (χ3n) is 3.52. The Hall–Kier alpha value is -1.45. The Balaban J connectivity index is 1.70. The molecule has 1 saturated heterocycles. The number of nitrogens with zero attached hydrogens (tertiary/aromatic N) is 1. The molecule has 0 saturated carbocycles. The third-order valence-corrected chi connectivity index (χ3v) is 3.52. The van der Waals surface area contributed by atoms with E-state index in [-0.39, 0.29) is 0 Å². The lowest BCUT2D eigenvalue weighted by molar-refractivity contribution is -0.0991. The van der Waals surface area contributed by atoms with E-state index in [9.17, 15) is 0 Å². The molecule has 3 nitrogen and oxygen atoms in total. The van der Waals surface area contributed by atoms with Gasteiger partial charge in [-0.1, -0.05) is 31.2 Å². The molecule has 1 aromatic carbocycles. The molecule has 0 atom stereocenters. The summed E-state index contributed by atoms with van der Waals surface area (Å²) in [4.78, 5) is 4.30. The molecule has 1 aliphatic heterocycles. The van der Waals surface area contributed by atoms with Gasteiger partial charge in [0.1, 0.15) is 0 Å². The third kappa shape index (κ3) is 2.24. The first-order valence-corrected chi connectivity index (χ1v) is 6.37. The number of benzene rings is 1. The zero-order chi connectivity index (χ0) is 12.4. The maximum absolute atomic E-state index is 5.26. The molecule has 0 bridgehead atoms. The predicted octanol–water partition coefficient (Wildman–Crippen LogP) is 2.36. The first kappa shape index (κ1) is 11.6. The predicted molar refractivity (Wildman–Crippen MR) is 72.4 cm³/mol. The van der Waals surface area contributed by atoms with Crippen molar-refractivity contribution in [3.05, 3.63) is 42.2 Å². The van der Waals surface area contributed by atoms with Crippen LogP contribution in [-0.2, 0) is 11.3 Å². The first-order chi connectivity index (χ1) is 8.77. The number of rotatable bonds is 4. The average molecular weight is 242 g/mol. The lowest BCUT2D eigenvalue weighted by atomic mass is 9.89. The maximum atomic E-state index is 5.26. The Kier molecular flexibility index (Phi) is 3.02. The number of ether oxygens (including phenoxy) is 1. The standard InChI is InChI=1S/C15H18N2O/c1-15(10-18-11-15)9-17-8-13-7-16-6-12-4-2-3-5-14(12)13/h2-7,17H,8-11H2,1H3. The molecular weight excluding hydrogens is 224 g/mol. The molecule has 0 spiro atoms. The summed E-state index contributed by atoms with van der Waals surface area (Å²) in [5.74, 6) is 0. The van der Waals surface area contributed by atoms with Crippen LogP contribution in [-0.4, -0.2) is 24.7 Å². The van der Waals surface area contributed by atoms with E-state index in [1.807, 2.05) is 18.5 Å². The molecular formula is C15H18N2O. The van der Waals surface area contributed by atoms with E-state index >= 15 is 0 Å². The summed E-state index contributed by atoms with van der Waals surface area (Å²) in [5, 5.41) is 6.01. The second-order valence-electron chi connectivity index (χ2n) is 5.43. The number of nitrogens with one attached hydrogen (secondary N) is 1. The van der Waals surface area contributed by atoms with E-state index < -0.39 is 0 Å². The molecule has 0 radical (unpaired) electrons. The lowest BCUT2D eigenvalue weighted by Gasteiger charge is -2.38. The number of aromatic nitrogens is 1. The van der Waals surface area contributed by atoms with Crippen molar-refractivity contribution in [1.82, 2.24) is 10.3 Å². The second kappa shape index (κ2) is 4.67. The van der Waals surface area contributed by atoms with Crippen molar-refractivity contribution in [1.29, 1.82) is 0 Å². The van der Waals surface area contributed by atoms with Gasteiger partial charge in [0.05, 0.1) is 13.2 Å². The first-order valence-electron chi connectivity index (χ1n) is 6.37. The summed E-state index contributed by atoms with van der Waals surface area (Å²) in [6, 6.07) is 8.38. The van der Waals surface area contributed by atoms with E-state index in [1.54, 1.807) is 0 Å². The van der Waals surface area contributed by atoms with Crippen molar-refractivity contribution in [2.45, 2.75) is 13.5 Å². The maximum Gasteiger partial charge on any atom is 0.0554 e. The topological polar surface area (TPSA) is 34.2 Å². The summed E-state index contributed by atoms with van der Waals surface area (Å²) in [6.45, 7) is 5.85. The second-order valence-corrected chi connectivity index (χ2v) is 5.43. The van der Waals surface area contributed by atoms with Crippen LogP contribution in [0.25, 0.3) is 10.8 Å². The zero-order valence-electron chi connectivity index (χ0n) is 10.6. The van der Waals surface area contributed by atoms with Crippen LogP contribution in [0.3, 0.4) is 0 Å². The van der Waals surface area contributed by atoms with Crippen LogP contribution in [0.15, 0.2) is 36.7 Å². The quantitative estimate of drug-likeness (QED) is 0.893. The van der Waals surface area contributed by atoms with Gasteiger partial charge in [0.2, 0.25) is 0 Å². The van der Waals surface area contributed by atoms with Crippen LogP contribution in [0.5, 0.6) is 0 Å². The number of hydrogen-bond donors (Lipinski definition) is 1. The normalized spacial score (nSPS) is 17.6. The smallest absolute Gasteiger partial charge is 0.0554 e. The van der Waals surface area contributed by atoms with Gasteiger partial charge in [-0.05, 0) is 10.9 Å². The Morgan fingerprint density at radius 3 is 2.89 bits per heavy atom.